The molecule has 1 rings (SSSR count). The van der Waals surface area contributed by atoms with Crippen LogP contribution in [0.1, 0.15) is 6.42 Å². The molecule has 1 aromatic carbocycles. The van der Waals surface area contributed by atoms with E-state index in [0.717, 1.165) is 4.90 Å². The summed E-state index contributed by atoms with van der Waals surface area (Å²) in [5, 5.41) is 0. The Morgan fingerprint density at radius 3 is 2.48 bits per heavy atom. The lowest BCUT2D eigenvalue weighted by Gasteiger charge is -2.10. The lowest BCUT2D eigenvalue weighted by atomic mass is 10.3. The first-order valence-corrected chi connectivity index (χ1v) is 9.10. The molecule has 0 saturated carbocycles. The molecule has 1 aromatic rings. The number of rotatable bonds is 8. The van der Waals surface area contributed by atoms with Gasteiger partial charge in [0.2, 0.25) is 15.9 Å². The highest BCUT2D eigenvalue weighted by molar-refractivity contribution is 8.00. The van der Waals surface area contributed by atoms with Crippen LogP contribution in [0.4, 0.5) is 5.69 Å². The van der Waals surface area contributed by atoms with E-state index in [1.807, 2.05) is 12.1 Å². The average molecular weight is 331 g/mol. The Bertz CT molecular complexity index is 557. The van der Waals surface area contributed by atoms with Gasteiger partial charge >= 0.3 is 0 Å². The summed E-state index contributed by atoms with van der Waals surface area (Å²) in [7, 11) is -0.0696. The predicted octanol–water partition coefficient (Wildman–Crippen LogP) is 0.759. The molecule has 0 unspecified atom stereocenters. The highest BCUT2D eigenvalue weighted by atomic mass is 32.2. The van der Waals surface area contributed by atoms with E-state index < -0.39 is 10.0 Å². The first-order chi connectivity index (χ1) is 9.80. The zero-order chi connectivity index (χ0) is 15.9. The van der Waals surface area contributed by atoms with Crippen molar-refractivity contribution in [1.82, 2.24) is 9.62 Å². The molecule has 0 aliphatic rings. The molecule has 0 heterocycles. The zero-order valence-electron chi connectivity index (χ0n) is 12.2. The minimum Gasteiger partial charge on any atom is -0.399 e. The molecule has 3 N–H and O–H groups in total. The predicted molar refractivity (Wildman–Crippen MR) is 86.7 cm³/mol. The number of carbonyl (C=O) groups is 1. The topological polar surface area (TPSA) is 92.5 Å². The molecular formula is C13H21N3O3S2. The van der Waals surface area contributed by atoms with E-state index >= 15 is 0 Å². The van der Waals surface area contributed by atoms with E-state index in [9.17, 15) is 13.2 Å². The fourth-order valence-electron chi connectivity index (χ4n) is 1.44. The van der Waals surface area contributed by atoms with Gasteiger partial charge in [0.15, 0.2) is 0 Å². The third kappa shape index (κ3) is 7.35. The number of amides is 1. The van der Waals surface area contributed by atoms with E-state index in [1.165, 1.54) is 16.7 Å². The molecule has 0 fully saturated rings. The Hall–Kier alpha value is -1.25. The van der Waals surface area contributed by atoms with E-state index in [4.69, 9.17) is 5.73 Å². The number of sulfonamides is 1. The quantitative estimate of drug-likeness (QED) is 0.542. The van der Waals surface area contributed by atoms with Crippen LogP contribution in [0.15, 0.2) is 29.2 Å². The maximum absolute atomic E-state index is 11.8. The minimum absolute atomic E-state index is 0.0121. The molecule has 118 valence electrons. The van der Waals surface area contributed by atoms with Crippen LogP contribution < -0.4 is 10.5 Å². The second-order valence-electron chi connectivity index (χ2n) is 4.67. The van der Waals surface area contributed by atoms with Crippen LogP contribution in [0.2, 0.25) is 0 Å². The van der Waals surface area contributed by atoms with Gasteiger partial charge in [0.1, 0.15) is 0 Å². The van der Waals surface area contributed by atoms with Gasteiger partial charge in [-0.15, -0.1) is 11.8 Å². The highest BCUT2D eigenvalue weighted by Gasteiger charge is 2.11. The van der Waals surface area contributed by atoms with Crippen molar-refractivity contribution in [3.05, 3.63) is 24.3 Å². The van der Waals surface area contributed by atoms with Gasteiger partial charge in [-0.2, -0.15) is 0 Å². The molecule has 0 saturated heterocycles. The van der Waals surface area contributed by atoms with E-state index in [1.54, 1.807) is 26.2 Å². The SMILES string of the molecule is CN(C)C(=O)CCNS(=O)(=O)CCSc1ccc(N)cc1. The van der Waals surface area contributed by atoms with Crippen molar-refractivity contribution in [2.24, 2.45) is 0 Å². The lowest BCUT2D eigenvalue weighted by Crippen LogP contribution is -2.32. The molecule has 0 bridgehead atoms. The number of thioether (sulfide) groups is 1. The van der Waals surface area contributed by atoms with Gasteiger partial charge in [-0.25, -0.2) is 13.1 Å². The average Bonchev–Trinajstić information content (AvgIpc) is 2.40. The van der Waals surface area contributed by atoms with Crippen LogP contribution in [-0.4, -0.2) is 51.4 Å². The third-order valence-electron chi connectivity index (χ3n) is 2.66. The summed E-state index contributed by atoms with van der Waals surface area (Å²) in [5.41, 5.74) is 6.26. The van der Waals surface area contributed by atoms with Crippen LogP contribution >= 0.6 is 11.8 Å². The summed E-state index contributed by atoms with van der Waals surface area (Å²) in [6.45, 7) is 0.131. The number of benzene rings is 1. The molecule has 1 amide bonds. The largest absolute Gasteiger partial charge is 0.399 e. The molecule has 0 aliphatic heterocycles. The molecule has 8 heteroatoms. The fraction of sp³-hybridized carbons (Fsp3) is 0.462. The van der Waals surface area contributed by atoms with Crippen LogP contribution in [0.5, 0.6) is 0 Å². The minimum atomic E-state index is -3.35. The summed E-state index contributed by atoms with van der Waals surface area (Å²) < 4.78 is 25.9. The molecular weight excluding hydrogens is 310 g/mol. The standard InChI is InChI=1S/C13H21N3O3S2/c1-16(2)13(17)7-8-15-21(18,19)10-9-20-12-5-3-11(14)4-6-12/h3-6,15H,7-10,14H2,1-2H3. The zero-order valence-corrected chi connectivity index (χ0v) is 13.8. The number of nitrogens with zero attached hydrogens (tertiary/aromatic N) is 1. The van der Waals surface area contributed by atoms with Gasteiger partial charge in [-0.05, 0) is 24.3 Å². The van der Waals surface area contributed by atoms with E-state index in [2.05, 4.69) is 4.72 Å². The number of hydrogen-bond donors (Lipinski definition) is 2. The van der Waals surface area contributed by atoms with Gasteiger partial charge in [0, 0.05) is 43.4 Å². The van der Waals surface area contributed by atoms with Crippen LogP contribution in [0.25, 0.3) is 0 Å². The molecule has 0 aromatic heterocycles. The fourth-order valence-corrected chi connectivity index (χ4v) is 3.78. The second-order valence-corrected chi connectivity index (χ2v) is 7.76. The Balaban J connectivity index is 2.29. The van der Waals surface area contributed by atoms with Gasteiger partial charge in [-0.3, -0.25) is 4.79 Å². The van der Waals surface area contributed by atoms with Crippen molar-refractivity contribution >= 4 is 33.4 Å². The van der Waals surface area contributed by atoms with E-state index in [0.29, 0.717) is 11.4 Å². The monoisotopic (exact) mass is 331 g/mol. The Labute approximate surface area is 130 Å². The van der Waals surface area contributed by atoms with Crippen molar-refractivity contribution < 1.29 is 13.2 Å². The highest BCUT2D eigenvalue weighted by Crippen LogP contribution is 2.19. The molecule has 0 spiro atoms. The Morgan fingerprint density at radius 2 is 1.90 bits per heavy atom. The number of carbonyl (C=O) groups excluding carboxylic acids is 1. The van der Waals surface area contributed by atoms with E-state index in [-0.39, 0.29) is 24.6 Å². The van der Waals surface area contributed by atoms with Crippen molar-refractivity contribution in [2.75, 3.05) is 37.9 Å². The first-order valence-electron chi connectivity index (χ1n) is 6.46. The Kier molecular flexibility index (Phi) is 7.00. The van der Waals surface area contributed by atoms with Crippen molar-refractivity contribution in [3.63, 3.8) is 0 Å². The Morgan fingerprint density at radius 1 is 1.29 bits per heavy atom. The third-order valence-corrected chi connectivity index (χ3v) is 5.32. The molecule has 0 radical (unpaired) electrons. The molecule has 6 nitrogen and oxygen atoms in total. The molecule has 0 aliphatic carbocycles. The van der Waals surface area contributed by atoms with Gasteiger partial charge in [0.05, 0.1) is 5.75 Å². The van der Waals surface area contributed by atoms with Gasteiger partial charge in [0.25, 0.3) is 0 Å². The normalized spacial score (nSPS) is 11.3. The summed E-state index contributed by atoms with van der Waals surface area (Å²) in [6.07, 6.45) is 0.164. The van der Waals surface area contributed by atoms with Gasteiger partial charge in [-0.1, -0.05) is 0 Å². The number of anilines is 1. The van der Waals surface area contributed by atoms with Gasteiger partial charge < -0.3 is 10.6 Å². The second kappa shape index (κ2) is 8.26. The van der Waals surface area contributed by atoms with Crippen molar-refractivity contribution in [3.8, 4) is 0 Å². The van der Waals surface area contributed by atoms with Crippen molar-refractivity contribution in [2.45, 2.75) is 11.3 Å². The summed E-state index contributed by atoms with van der Waals surface area (Å²) in [5.74, 6) is 0.355. The maximum atomic E-state index is 11.8. The number of nitrogen functional groups attached to an aromatic ring is 1. The number of nitrogens with two attached hydrogens (primary N) is 1. The maximum Gasteiger partial charge on any atom is 0.223 e. The van der Waals surface area contributed by atoms with Crippen LogP contribution in [-0.2, 0) is 14.8 Å². The van der Waals surface area contributed by atoms with Crippen LogP contribution in [0, 0.1) is 0 Å². The first kappa shape index (κ1) is 17.8. The summed E-state index contributed by atoms with van der Waals surface area (Å²) in [4.78, 5) is 13.7. The number of hydrogen-bond acceptors (Lipinski definition) is 5. The smallest absolute Gasteiger partial charge is 0.223 e. The lowest BCUT2D eigenvalue weighted by molar-refractivity contribution is -0.128. The molecule has 0 atom stereocenters. The summed E-state index contributed by atoms with van der Waals surface area (Å²) in [6, 6.07) is 7.27. The van der Waals surface area contributed by atoms with Crippen molar-refractivity contribution in [1.29, 1.82) is 0 Å². The summed E-state index contributed by atoms with van der Waals surface area (Å²) >= 11 is 1.45. The van der Waals surface area contributed by atoms with Crippen LogP contribution in [0.3, 0.4) is 0 Å². The molecule has 21 heavy (non-hydrogen) atoms. The number of nitrogens with one attached hydrogen (secondary N) is 1.